The Bertz CT molecular complexity index is 987. The predicted octanol–water partition coefficient (Wildman–Crippen LogP) is 3.08. The number of ether oxygens (including phenoxy) is 2. The highest BCUT2D eigenvalue weighted by atomic mass is 16.5. The molecule has 2 N–H and O–H groups in total. The highest BCUT2D eigenvalue weighted by Crippen LogP contribution is 2.28. The van der Waals surface area contributed by atoms with Crippen molar-refractivity contribution in [2.45, 2.75) is 25.7 Å². The summed E-state index contributed by atoms with van der Waals surface area (Å²) in [7, 11) is 4.85. The molecule has 0 saturated heterocycles. The first-order chi connectivity index (χ1) is 14.9. The van der Waals surface area contributed by atoms with E-state index in [1.165, 1.54) is 12.0 Å². The Balaban J connectivity index is 1.51. The maximum absolute atomic E-state index is 12.4. The largest absolute Gasteiger partial charge is 0.495 e. The molecule has 1 aliphatic rings. The molecule has 2 aromatic carbocycles. The average molecular weight is 425 g/mol. The van der Waals surface area contributed by atoms with Gasteiger partial charge in [-0.25, -0.2) is 0 Å². The summed E-state index contributed by atoms with van der Waals surface area (Å²) in [5.41, 5.74) is 2.80. The van der Waals surface area contributed by atoms with Gasteiger partial charge in [0.1, 0.15) is 11.5 Å². The maximum Gasteiger partial charge on any atom is 0.253 e. The lowest BCUT2D eigenvalue weighted by Gasteiger charge is -2.17. The van der Waals surface area contributed by atoms with E-state index in [0.717, 1.165) is 11.3 Å². The topological polar surface area (TPSA) is 97.0 Å². The number of fused-ring (bicyclic) bond motifs is 1. The van der Waals surface area contributed by atoms with Gasteiger partial charge in [-0.15, -0.1) is 0 Å². The second-order valence-corrected chi connectivity index (χ2v) is 7.48. The van der Waals surface area contributed by atoms with E-state index < -0.39 is 0 Å². The van der Waals surface area contributed by atoms with Crippen molar-refractivity contribution in [1.82, 2.24) is 4.90 Å². The number of anilines is 2. The molecule has 0 aromatic heterocycles. The number of hydrogen-bond donors (Lipinski definition) is 2. The fraction of sp³-hybridized carbons (Fsp3) is 0.348. The summed E-state index contributed by atoms with van der Waals surface area (Å²) in [4.78, 5) is 37.4. The predicted molar refractivity (Wildman–Crippen MR) is 118 cm³/mol. The van der Waals surface area contributed by atoms with E-state index in [4.69, 9.17) is 9.47 Å². The first-order valence-corrected chi connectivity index (χ1v) is 10.1. The van der Waals surface area contributed by atoms with Gasteiger partial charge in [0, 0.05) is 38.2 Å². The molecule has 0 aliphatic carbocycles. The lowest BCUT2D eigenvalue weighted by atomic mass is 10.0. The molecule has 3 amide bonds. The van der Waals surface area contributed by atoms with Crippen LogP contribution in [-0.4, -0.2) is 50.4 Å². The number of rotatable bonds is 8. The molecule has 0 saturated carbocycles. The first kappa shape index (κ1) is 22.1. The summed E-state index contributed by atoms with van der Waals surface area (Å²) in [5.74, 6) is 0.883. The van der Waals surface area contributed by atoms with Gasteiger partial charge in [0.15, 0.2) is 0 Å². The van der Waals surface area contributed by atoms with E-state index in [9.17, 15) is 14.4 Å². The molecular weight excluding hydrogens is 398 g/mol. The molecule has 8 heteroatoms. The number of carbonyl (C=O) groups excluding carboxylic acids is 3. The summed E-state index contributed by atoms with van der Waals surface area (Å²) < 4.78 is 11.0. The first-order valence-electron chi connectivity index (χ1n) is 10.1. The summed E-state index contributed by atoms with van der Waals surface area (Å²) >= 11 is 0. The SMILES string of the molecule is COc1ccc(C(=O)N(C)C)cc1NC(=O)CCCOc1ccc2c(c1)CCC(=O)N2. The summed E-state index contributed by atoms with van der Waals surface area (Å²) in [6.45, 7) is 0.384. The third-order valence-electron chi connectivity index (χ3n) is 4.92. The second kappa shape index (κ2) is 9.97. The standard InChI is InChI=1S/C23H27N3O5/c1-26(2)23(29)16-6-10-20(30-3)19(14-16)25-21(27)5-4-12-31-17-8-9-18-15(13-17)7-11-22(28)24-18/h6,8-10,13-14H,4-5,7,11-12H2,1-3H3,(H,24,28)(H,25,27). The van der Waals surface area contributed by atoms with Crippen LogP contribution >= 0.6 is 0 Å². The van der Waals surface area contributed by atoms with Crippen LogP contribution in [0.5, 0.6) is 11.5 Å². The van der Waals surface area contributed by atoms with Crippen LogP contribution < -0.4 is 20.1 Å². The zero-order valence-corrected chi connectivity index (χ0v) is 18.0. The van der Waals surface area contributed by atoms with Gasteiger partial charge in [0.2, 0.25) is 11.8 Å². The van der Waals surface area contributed by atoms with Crippen molar-refractivity contribution >= 4 is 29.1 Å². The number of aryl methyl sites for hydroxylation is 1. The Labute approximate surface area is 181 Å². The van der Waals surface area contributed by atoms with E-state index in [2.05, 4.69) is 10.6 Å². The van der Waals surface area contributed by atoms with Gasteiger partial charge in [-0.3, -0.25) is 14.4 Å². The maximum atomic E-state index is 12.4. The normalized spacial score (nSPS) is 12.4. The van der Waals surface area contributed by atoms with E-state index in [0.29, 0.717) is 48.6 Å². The Morgan fingerprint density at radius 3 is 2.68 bits per heavy atom. The van der Waals surface area contributed by atoms with Crippen LogP contribution in [0.15, 0.2) is 36.4 Å². The van der Waals surface area contributed by atoms with Crippen molar-refractivity contribution in [3.63, 3.8) is 0 Å². The van der Waals surface area contributed by atoms with Gasteiger partial charge in [0.25, 0.3) is 5.91 Å². The van der Waals surface area contributed by atoms with Gasteiger partial charge in [-0.1, -0.05) is 0 Å². The third kappa shape index (κ3) is 5.75. The van der Waals surface area contributed by atoms with Crippen LogP contribution in [0.3, 0.4) is 0 Å². The van der Waals surface area contributed by atoms with Crippen LogP contribution in [0, 0.1) is 0 Å². The minimum absolute atomic E-state index is 0.0282. The zero-order valence-electron chi connectivity index (χ0n) is 18.0. The van der Waals surface area contributed by atoms with Gasteiger partial charge in [0.05, 0.1) is 19.4 Å². The monoisotopic (exact) mass is 425 g/mol. The molecule has 2 aromatic rings. The Kier molecular flexibility index (Phi) is 7.12. The van der Waals surface area contributed by atoms with Crippen LogP contribution in [0.4, 0.5) is 11.4 Å². The molecular formula is C23H27N3O5. The van der Waals surface area contributed by atoms with Crippen LogP contribution in [0.25, 0.3) is 0 Å². The molecule has 164 valence electrons. The minimum atomic E-state index is -0.190. The summed E-state index contributed by atoms with van der Waals surface area (Å²) in [5, 5.41) is 5.65. The van der Waals surface area contributed by atoms with E-state index in [1.54, 1.807) is 32.3 Å². The highest BCUT2D eigenvalue weighted by Gasteiger charge is 2.16. The Hall–Kier alpha value is -3.55. The number of benzene rings is 2. The quantitative estimate of drug-likeness (QED) is 0.634. The van der Waals surface area contributed by atoms with Crippen LogP contribution in [-0.2, 0) is 16.0 Å². The molecule has 0 radical (unpaired) electrons. The van der Waals surface area contributed by atoms with E-state index in [-0.39, 0.29) is 24.1 Å². The molecule has 31 heavy (non-hydrogen) atoms. The Morgan fingerprint density at radius 2 is 1.94 bits per heavy atom. The average Bonchev–Trinajstić information content (AvgIpc) is 2.76. The van der Waals surface area contributed by atoms with Crippen LogP contribution in [0.1, 0.15) is 35.2 Å². The van der Waals surface area contributed by atoms with Crippen molar-refractivity contribution < 1.29 is 23.9 Å². The van der Waals surface area contributed by atoms with Gasteiger partial charge in [-0.2, -0.15) is 0 Å². The van der Waals surface area contributed by atoms with Gasteiger partial charge < -0.3 is 25.0 Å². The molecule has 0 atom stereocenters. The Morgan fingerprint density at radius 1 is 1.13 bits per heavy atom. The fourth-order valence-corrected chi connectivity index (χ4v) is 3.28. The molecule has 3 rings (SSSR count). The van der Waals surface area contributed by atoms with Crippen molar-refractivity contribution in [2.75, 3.05) is 38.4 Å². The molecule has 0 bridgehead atoms. The highest BCUT2D eigenvalue weighted by molar-refractivity contribution is 5.98. The molecule has 8 nitrogen and oxygen atoms in total. The van der Waals surface area contributed by atoms with Crippen LogP contribution in [0.2, 0.25) is 0 Å². The van der Waals surface area contributed by atoms with Crippen molar-refractivity contribution in [2.24, 2.45) is 0 Å². The molecule has 1 heterocycles. The third-order valence-corrected chi connectivity index (χ3v) is 4.92. The number of nitrogens with one attached hydrogen (secondary N) is 2. The van der Waals surface area contributed by atoms with Crippen molar-refractivity contribution in [3.05, 3.63) is 47.5 Å². The number of methoxy groups -OCH3 is 1. The van der Waals surface area contributed by atoms with Crippen molar-refractivity contribution in [1.29, 1.82) is 0 Å². The smallest absolute Gasteiger partial charge is 0.253 e. The zero-order chi connectivity index (χ0) is 22.4. The molecule has 1 aliphatic heterocycles. The number of carbonyl (C=O) groups is 3. The number of hydrogen-bond acceptors (Lipinski definition) is 5. The summed E-state index contributed by atoms with van der Waals surface area (Å²) in [6, 6.07) is 10.5. The lowest BCUT2D eigenvalue weighted by Crippen LogP contribution is -2.22. The molecule has 0 unspecified atom stereocenters. The molecule has 0 fully saturated rings. The molecule has 0 spiro atoms. The minimum Gasteiger partial charge on any atom is -0.495 e. The fourth-order valence-electron chi connectivity index (χ4n) is 3.28. The van der Waals surface area contributed by atoms with E-state index >= 15 is 0 Å². The van der Waals surface area contributed by atoms with Gasteiger partial charge >= 0.3 is 0 Å². The second-order valence-electron chi connectivity index (χ2n) is 7.48. The van der Waals surface area contributed by atoms with Crippen molar-refractivity contribution in [3.8, 4) is 11.5 Å². The van der Waals surface area contributed by atoms with E-state index in [1.807, 2.05) is 18.2 Å². The van der Waals surface area contributed by atoms with Gasteiger partial charge in [-0.05, 0) is 54.8 Å². The number of amides is 3. The number of nitrogens with zero attached hydrogens (tertiary/aromatic N) is 1. The summed E-state index contributed by atoms with van der Waals surface area (Å²) in [6.07, 6.45) is 1.95. The lowest BCUT2D eigenvalue weighted by molar-refractivity contribution is -0.117.